The van der Waals surface area contributed by atoms with E-state index < -0.39 is 0 Å². The first-order valence-corrected chi connectivity index (χ1v) is 7.71. The van der Waals surface area contributed by atoms with Gasteiger partial charge in [0.2, 0.25) is 5.91 Å². The third-order valence-electron chi connectivity index (χ3n) is 4.07. The molecule has 1 amide bonds. The Morgan fingerprint density at radius 3 is 2.58 bits per heavy atom. The molecule has 0 aliphatic carbocycles. The summed E-state index contributed by atoms with van der Waals surface area (Å²) in [6.07, 6.45) is 0.0851. The standard InChI is InChI=1S/C19H18N2O3/c1-11-8-15-17(21-24-18(15)9-12(11)2)10-19(23)20-16-7-5-4-6-14(16)13(3)22/h4-9H,10H2,1-3H3,(H,20,23). The van der Waals surface area contributed by atoms with Crippen molar-refractivity contribution in [3.63, 3.8) is 0 Å². The molecule has 0 radical (unpaired) electrons. The molecule has 24 heavy (non-hydrogen) atoms. The molecule has 0 unspecified atom stereocenters. The van der Waals surface area contributed by atoms with Gasteiger partial charge in [0.25, 0.3) is 0 Å². The zero-order valence-electron chi connectivity index (χ0n) is 13.8. The van der Waals surface area contributed by atoms with Gasteiger partial charge in [-0.25, -0.2) is 0 Å². The Balaban J connectivity index is 1.84. The van der Waals surface area contributed by atoms with Crippen LogP contribution >= 0.6 is 0 Å². The predicted octanol–water partition coefficient (Wildman–Crippen LogP) is 3.83. The van der Waals surface area contributed by atoms with Crippen LogP contribution in [0.25, 0.3) is 11.0 Å². The van der Waals surface area contributed by atoms with E-state index in [1.54, 1.807) is 24.3 Å². The van der Waals surface area contributed by atoms with Crippen LogP contribution in [-0.4, -0.2) is 16.8 Å². The molecule has 0 aliphatic heterocycles. The first-order valence-electron chi connectivity index (χ1n) is 7.71. The summed E-state index contributed by atoms with van der Waals surface area (Å²) in [5, 5.41) is 7.63. The van der Waals surface area contributed by atoms with E-state index in [1.165, 1.54) is 6.92 Å². The van der Waals surface area contributed by atoms with Crippen molar-refractivity contribution in [2.45, 2.75) is 27.2 Å². The van der Waals surface area contributed by atoms with Crippen LogP contribution in [0.3, 0.4) is 0 Å². The SMILES string of the molecule is CC(=O)c1ccccc1NC(=O)Cc1noc2cc(C)c(C)cc12. The molecule has 1 N–H and O–H groups in total. The van der Waals surface area contributed by atoms with Gasteiger partial charge < -0.3 is 9.84 Å². The number of fused-ring (bicyclic) bond motifs is 1. The van der Waals surface area contributed by atoms with Gasteiger partial charge in [-0.1, -0.05) is 17.3 Å². The minimum atomic E-state index is -0.239. The van der Waals surface area contributed by atoms with Gasteiger partial charge in [0.05, 0.1) is 12.1 Å². The van der Waals surface area contributed by atoms with E-state index in [4.69, 9.17) is 4.52 Å². The number of ketones is 1. The number of nitrogens with one attached hydrogen (secondary N) is 1. The molecular weight excluding hydrogens is 304 g/mol. The van der Waals surface area contributed by atoms with Crippen molar-refractivity contribution < 1.29 is 14.1 Å². The number of rotatable bonds is 4. The minimum Gasteiger partial charge on any atom is -0.356 e. The summed E-state index contributed by atoms with van der Waals surface area (Å²) in [4.78, 5) is 24.0. The first kappa shape index (κ1) is 15.9. The highest BCUT2D eigenvalue weighted by atomic mass is 16.5. The second-order valence-corrected chi connectivity index (χ2v) is 5.89. The number of carbonyl (C=O) groups is 2. The van der Waals surface area contributed by atoms with Crippen LogP contribution in [0.4, 0.5) is 5.69 Å². The summed E-state index contributed by atoms with van der Waals surface area (Å²) in [6.45, 7) is 5.48. The fraction of sp³-hybridized carbons (Fsp3) is 0.211. The smallest absolute Gasteiger partial charge is 0.230 e. The van der Waals surface area contributed by atoms with Crippen molar-refractivity contribution in [1.29, 1.82) is 0 Å². The maximum Gasteiger partial charge on any atom is 0.230 e. The molecule has 5 nitrogen and oxygen atoms in total. The Morgan fingerprint density at radius 1 is 1.12 bits per heavy atom. The lowest BCUT2D eigenvalue weighted by molar-refractivity contribution is -0.115. The molecule has 3 rings (SSSR count). The molecule has 0 saturated heterocycles. The van der Waals surface area contributed by atoms with Gasteiger partial charge in [-0.05, 0) is 56.2 Å². The highest BCUT2D eigenvalue weighted by Gasteiger charge is 2.15. The number of nitrogens with zero attached hydrogens (tertiary/aromatic N) is 1. The van der Waals surface area contributed by atoms with Gasteiger partial charge in [-0.3, -0.25) is 9.59 Å². The van der Waals surface area contributed by atoms with Crippen LogP contribution < -0.4 is 5.32 Å². The lowest BCUT2D eigenvalue weighted by Gasteiger charge is -2.08. The van der Waals surface area contributed by atoms with E-state index in [9.17, 15) is 9.59 Å². The summed E-state index contributed by atoms with van der Waals surface area (Å²) in [6, 6.07) is 10.8. The molecule has 1 aromatic heterocycles. The number of aromatic nitrogens is 1. The Morgan fingerprint density at radius 2 is 1.83 bits per heavy atom. The number of Topliss-reactive ketones (excluding diaryl/α,β-unsaturated/α-hetero) is 1. The molecule has 0 aliphatic rings. The monoisotopic (exact) mass is 322 g/mol. The van der Waals surface area contributed by atoms with Crippen LogP contribution in [0, 0.1) is 13.8 Å². The Hall–Kier alpha value is -2.95. The molecule has 0 atom stereocenters. The number of amides is 1. The van der Waals surface area contributed by atoms with Crippen molar-refractivity contribution in [3.8, 4) is 0 Å². The zero-order chi connectivity index (χ0) is 17.3. The largest absolute Gasteiger partial charge is 0.356 e. The fourth-order valence-corrected chi connectivity index (χ4v) is 2.62. The van der Waals surface area contributed by atoms with Crippen LogP contribution in [0.2, 0.25) is 0 Å². The lowest BCUT2D eigenvalue weighted by Crippen LogP contribution is -2.16. The van der Waals surface area contributed by atoms with Crippen molar-refractivity contribution in [3.05, 3.63) is 58.8 Å². The number of benzene rings is 2. The second kappa shape index (κ2) is 6.28. The number of anilines is 1. The Labute approximate surface area is 139 Å². The van der Waals surface area contributed by atoms with Gasteiger partial charge in [-0.15, -0.1) is 0 Å². The maximum atomic E-state index is 12.3. The molecule has 0 saturated carbocycles. The molecule has 0 bridgehead atoms. The van der Waals surface area contributed by atoms with E-state index in [0.29, 0.717) is 22.5 Å². The van der Waals surface area contributed by atoms with Gasteiger partial charge in [0.15, 0.2) is 11.4 Å². The number of para-hydroxylation sites is 1. The molecule has 2 aromatic carbocycles. The second-order valence-electron chi connectivity index (χ2n) is 5.89. The summed E-state index contributed by atoms with van der Waals surface area (Å²) in [5.74, 6) is -0.332. The summed E-state index contributed by atoms with van der Waals surface area (Å²) in [5.41, 5.74) is 4.49. The third kappa shape index (κ3) is 3.06. The molecule has 1 heterocycles. The minimum absolute atomic E-state index is 0.0851. The summed E-state index contributed by atoms with van der Waals surface area (Å²) in [7, 11) is 0. The van der Waals surface area contributed by atoms with Gasteiger partial charge in [0.1, 0.15) is 5.69 Å². The molecule has 5 heteroatoms. The van der Waals surface area contributed by atoms with Crippen LogP contribution in [-0.2, 0) is 11.2 Å². The van der Waals surface area contributed by atoms with E-state index in [1.807, 2.05) is 26.0 Å². The normalized spacial score (nSPS) is 10.8. The number of hydrogen-bond acceptors (Lipinski definition) is 4. The highest BCUT2D eigenvalue weighted by molar-refractivity contribution is 6.04. The average Bonchev–Trinajstić information content (AvgIpc) is 2.90. The molecule has 0 spiro atoms. The lowest BCUT2D eigenvalue weighted by atomic mass is 10.1. The first-order chi connectivity index (χ1) is 11.5. The van der Waals surface area contributed by atoms with Crippen molar-refractivity contribution in [1.82, 2.24) is 5.16 Å². The number of hydrogen-bond donors (Lipinski definition) is 1. The van der Waals surface area contributed by atoms with Crippen molar-refractivity contribution in [2.75, 3.05) is 5.32 Å². The zero-order valence-corrected chi connectivity index (χ0v) is 13.8. The quantitative estimate of drug-likeness (QED) is 0.741. The van der Waals surface area contributed by atoms with E-state index in [0.717, 1.165) is 16.5 Å². The van der Waals surface area contributed by atoms with Crippen molar-refractivity contribution >= 4 is 28.3 Å². The summed E-state index contributed by atoms with van der Waals surface area (Å²) < 4.78 is 5.31. The van der Waals surface area contributed by atoms with E-state index >= 15 is 0 Å². The van der Waals surface area contributed by atoms with Crippen LogP contribution in [0.1, 0.15) is 34.1 Å². The highest BCUT2D eigenvalue weighted by Crippen LogP contribution is 2.23. The summed E-state index contributed by atoms with van der Waals surface area (Å²) >= 11 is 0. The van der Waals surface area contributed by atoms with E-state index in [-0.39, 0.29) is 18.1 Å². The molecule has 3 aromatic rings. The molecular formula is C19H18N2O3. The van der Waals surface area contributed by atoms with Gasteiger partial charge in [0, 0.05) is 10.9 Å². The Bertz CT molecular complexity index is 941. The number of aryl methyl sites for hydroxylation is 2. The van der Waals surface area contributed by atoms with Crippen LogP contribution in [0.15, 0.2) is 40.9 Å². The van der Waals surface area contributed by atoms with E-state index in [2.05, 4.69) is 10.5 Å². The molecule has 0 fully saturated rings. The topological polar surface area (TPSA) is 72.2 Å². The predicted molar refractivity (Wildman–Crippen MR) is 92.3 cm³/mol. The Kier molecular flexibility index (Phi) is 4.16. The third-order valence-corrected chi connectivity index (χ3v) is 4.07. The fourth-order valence-electron chi connectivity index (χ4n) is 2.62. The average molecular weight is 322 g/mol. The van der Waals surface area contributed by atoms with Gasteiger partial charge in [-0.2, -0.15) is 0 Å². The maximum absolute atomic E-state index is 12.3. The van der Waals surface area contributed by atoms with Gasteiger partial charge >= 0.3 is 0 Å². The van der Waals surface area contributed by atoms with Crippen LogP contribution in [0.5, 0.6) is 0 Å². The number of carbonyl (C=O) groups excluding carboxylic acids is 2. The van der Waals surface area contributed by atoms with Crippen molar-refractivity contribution in [2.24, 2.45) is 0 Å². The molecule has 122 valence electrons.